The molecule has 1 heterocycles. The van der Waals surface area contributed by atoms with Gasteiger partial charge in [0.25, 0.3) is 0 Å². The molecular formula is C20H32N2O2. The van der Waals surface area contributed by atoms with Crippen molar-refractivity contribution in [1.29, 1.82) is 0 Å². The predicted molar refractivity (Wildman–Crippen MR) is 97.7 cm³/mol. The van der Waals surface area contributed by atoms with Crippen molar-refractivity contribution in [3.8, 4) is 0 Å². The quantitative estimate of drug-likeness (QED) is 0.769. The molecule has 4 heteroatoms. The SMILES string of the molecule is CC(C)CC(CCO)CNC(=O)C(C)N1CCc2ccccc2C1. The van der Waals surface area contributed by atoms with Gasteiger partial charge in [0.15, 0.2) is 0 Å². The molecule has 0 fully saturated rings. The van der Waals surface area contributed by atoms with Crippen molar-refractivity contribution in [2.24, 2.45) is 11.8 Å². The number of nitrogens with zero attached hydrogens (tertiary/aromatic N) is 1. The lowest BCUT2D eigenvalue weighted by Gasteiger charge is -2.33. The first kappa shape index (κ1) is 18.9. The van der Waals surface area contributed by atoms with Crippen LogP contribution in [0.15, 0.2) is 24.3 Å². The summed E-state index contributed by atoms with van der Waals surface area (Å²) >= 11 is 0. The monoisotopic (exact) mass is 332 g/mol. The highest BCUT2D eigenvalue weighted by Crippen LogP contribution is 2.20. The Hall–Kier alpha value is -1.39. The molecule has 0 saturated heterocycles. The number of carbonyl (C=O) groups excluding carboxylic acids is 1. The van der Waals surface area contributed by atoms with Gasteiger partial charge < -0.3 is 10.4 Å². The van der Waals surface area contributed by atoms with Crippen LogP contribution in [0, 0.1) is 11.8 Å². The van der Waals surface area contributed by atoms with Gasteiger partial charge in [-0.15, -0.1) is 0 Å². The molecule has 1 amide bonds. The molecule has 0 aliphatic carbocycles. The van der Waals surface area contributed by atoms with E-state index in [0.29, 0.717) is 18.4 Å². The number of hydrogen-bond acceptors (Lipinski definition) is 3. The van der Waals surface area contributed by atoms with Gasteiger partial charge in [-0.2, -0.15) is 0 Å². The van der Waals surface area contributed by atoms with Crippen molar-refractivity contribution in [2.45, 2.75) is 52.6 Å². The average Bonchev–Trinajstić information content (AvgIpc) is 2.58. The molecule has 1 aliphatic heterocycles. The molecule has 2 atom stereocenters. The zero-order chi connectivity index (χ0) is 17.5. The molecule has 24 heavy (non-hydrogen) atoms. The highest BCUT2D eigenvalue weighted by molar-refractivity contribution is 5.81. The van der Waals surface area contributed by atoms with Crippen LogP contribution in [0.3, 0.4) is 0 Å². The zero-order valence-electron chi connectivity index (χ0n) is 15.3. The van der Waals surface area contributed by atoms with Crippen LogP contribution in [0.4, 0.5) is 0 Å². The minimum Gasteiger partial charge on any atom is -0.396 e. The van der Waals surface area contributed by atoms with E-state index >= 15 is 0 Å². The maximum atomic E-state index is 12.5. The van der Waals surface area contributed by atoms with Crippen molar-refractivity contribution in [3.63, 3.8) is 0 Å². The molecule has 2 unspecified atom stereocenters. The molecule has 0 radical (unpaired) electrons. The molecule has 2 N–H and O–H groups in total. The summed E-state index contributed by atoms with van der Waals surface area (Å²) in [5.74, 6) is 1.03. The van der Waals surface area contributed by atoms with Crippen LogP contribution < -0.4 is 5.32 Å². The summed E-state index contributed by atoms with van der Waals surface area (Å²) in [5.41, 5.74) is 2.74. The summed E-state index contributed by atoms with van der Waals surface area (Å²) in [5, 5.41) is 12.3. The fraction of sp³-hybridized carbons (Fsp3) is 0.650. The second-order valence-corrected chi connectivity index (χ2v) is 7.42. The third-order valence-electron chi connectivity index (χ3n) is 4.99. The lowest BCUT2D eigenvalue weighted by Crippen LogP contribution is -2.48. The summed E-state index contributed by atoms with van der Waals surface area (Å²) in [4.78, 5) is 14.8. The van der Waals surface area contributed by atoms with Crippen molar-refractivity contribution in [2.75, 3.05) is 19.7 Å². The topological polar surface area (TPSA) is 52.6 Å². The number of fused-ring (bicyclic) bond motifs is 1. The van der Waals surface area contributed by atoms with E-state index in [9.17, 15) is 9.90 Å². The van der Waals surface area contributed by atoms with E-state index in [1.54, 1.807) is 0 Å². The normalized spacial score (nSPS) is 17.4. The van der Waals surface area contributed by atoms with Gasteiger partial charge in [0.1, 0.15) is 0 Å². The number of nitrogens with one attached hydrogen (secondary N) is 1. The molecule has 4 nitrogen and oxygen atoms in total. The molecule has 1 aliphatic rings. The summed E-state index contributed by atoms with van der Waals surface area (Å²) in [6.07, 6.45) is 2.80. The van der Waals surface area contributed by atoms with Gasteiger partial charge in [0, 0.05) is 26.2 Å². The molecule has 0 aromatic heterocycles. The van der Waals surface area contributed by atoms with Crippen LogP contribution in [-0.4, -0.2) is 41.7 Å². The Kier molecular flexibility index (Phi) is 7.25. The Balaban J connectivity index is 1.86. The minimum absolute atomic E-state index is 0.0982. The van der Waals surface area contributed by atoms with Gasteiger partial charge in [0.2, 0.25) is 5.91 Å². The number of hydrogen-bond donors (Lipinski definition) is 2. The van der Waals surface area contributed by atoms with E-state index < -0.39 is 0 Å². The van der Waals surface area contributed by atoms with Crippen LogP contribution in [-0.2, 0) is 17.8 Å². The van der Waals surface area contributed by atoms with Crippen LogP contribution in [0.2, 0.25) is 0 Å². The number of aliphatic hydroxyl groups excluding tert-OH is 1. The summed E-state index contributed by atoms with van der Waals surface area (Å²) in [6, 6.07) is 8.38. The molecule has 134 valence electrons. The molecule has 1 aromatic rings. The Morgan fingerprint density at radius 1 is 1.25 bits per heavy atom. The molecular weight excluding hydrogens is 300 g/mol. The van der Waals surface area contributed by atoms with Crippen molar-refractivity contribution in [1.82, 2.24) is 10.2 Å². The summed E-state index contributed by atoms with van der Waals surface area (Å²) in [7, 11) is 0. The van der Waals surface area contributed by atoms with Crippen LogP contribution in [0.1, 0.15) is 44.7 Å². The molecule has 0 spiro atoms. The first-order valence-electron chi connectivity index (χ1n) is 9.20. The Morgan fingerprint density at radius 2 is 1.96 bits per heavy atom. The highest BCUT2D eigenvalue weighted by Gasteiger charge is 2.25. The van der Waals surface area contributed by atoms with Crippen molar-refractivity contribution in [3.05, 3.63) is 35.4 Å². The van der Waals surface area contributed by atoms with Crippen LogP contribution in [0.5, 0.6) is 0 Å². The molecule has 1 aromatic carbocycles. The number of rotatable bonds is 8. The van der Waals surface area contributed by atoms with E-state index in [0.717, 1.165) is 32.4 Å². The van der Waals surface area contributed by atoms with Crippen molar-refractivity contribution >= 4 is 5.91 Å². The Labute approximate surface area is 146 Å². The Bertz CT molecular complexity index is 530. The van der Waals surface area contributed by atoms with Gasteiger partial charge in [-0.3, -0.25) is 9.69 Å². The maximum Gasteiger partial charge on any atom is 0.237 e. The number of aliphatic hydroxyl groups is 1. The molecule has 0 saturated carbocycles. The zero-order valence-corrected chi connectivity index (χ0v) is 15.3. The van der Waals surface area contributed by atoms with Gasteiger partial charge in [0.05, 0.1) is 6.04 Å². The first-order chi connectivity index (χ1) is 11.5. The lowest BCUT2D eigenvalue weighted by molar-refractivity contribution is -0.126. The fourth-order valence-corrected chi connectivity index (χ4v) is 3.56. The van der Waals surface area contributed by atoms with Gasteiger partial charge in [-0.25, -0.2) is 0 Å². The largest absolute Gasteiger partial charge is 0.396 e. The highest BCUT2D eigenvalue weighted by atomic mass is 16.3. The van der Waals surface area contributed by atoms with Crippen molar-refractivity contribution < 1.29 is 9.90 Å². The summed E-state index contributed by atoms with van der Waals surface area (Å²) in [6.45, 7) is 8.97. The first-order valence-corrected chi connectivity index (χ1v) is 9.20. The molecule has 0 bridgehead atoms. The second kappa shape index (κ2) is 9.19. The van der Waals surface area contributed by atoms with E-state index in [1.807, 2.05) is 6.92 Å². The third kappa shape index (κ3) is 5.32. The van der Waals surface area contributed by atoms with Crippen LogP contribution >= 0.6 is 0 Å². The van der Waals surface area contributed by atoms with E-state index in [4.69, 9.17) is 0 Å². The number of benzene rings is 1. The number of amides is 1. The average molecular weight is 332 g/mol. The van der Waals surface area contributed by atoms with Gasteiger partial charge in [-0.1, -0.05) is 38.1 Å². The standard InChI is InChI=1S/C20H32N2O2/c1-15(2)12-17(9-11-23)13-21-20(24)16(3)22-10-8-18-6-4-5-7-19(18)14-22/h4-7,15-17,23H,8-14H2,1-3H3,(H,21,24). The molecule has 2 rings (SSSR count). The smallest absolute Gasteiger partial charge is 0.237 e. The minimum atomic E-state index is -0.118. The van der Waals surface area contributed by atoms with E-state index in [-0.39, 0.29) is 18.6 Å². The fourth-order valence-electron chi connectivity index (χ4n) is 3.56. The second-order valence-electron chi connectivity index (χ2n) is 7.42. The van der Waals surface area contributed by atoms with Gasteiger partial charge in [-0.05, 0) is 49.1 Å². The lowest BCUT2D eigenvalue weighted by atomic mass is 9.94. The maximum absolute atomic E-state index is 12.5. The van der Waals surface area contributed by atoms with Crippen LogP contribution in [0.25, 0.3) is 0 Å². The summed E-state index contributed by atoms with van der Waals surface area (Å²) < 4.78 is 0. The van der Waals surface area contributed by atoms with E-state index in [2.05, 4.69) is 48.3 Å². The predicted octanol–water partition coefficient (Wildman–Crippen LogP) is 2.59. The van der Waals surface area contributed by atoms with Gasteiger partial charge >= 0.3 is 0 Å². The third-order valence-corrected chi connectivity index (χ3v) is 4.99. The Morgan fingerprint density at radius 3 is 2.62 bits per heavy atom. The van der Waals surface area contributed by atoms with E-state index in [1.165, 1.54) is 11.1 Å². The number of carbonyl (C=O) groups is 1.